The maximum atomic E-state index is 13.6. The van der Waals surface area contributed by atoms with E-state index in [-0.39, 0.29) is 17.6 Å². The van der Waals surface area contributed by atoms with E-state index in [0.717, 1.165) is 22.1 Å². The SMILES string of the molecule is N=S1(=O)CCC(n2cc(-c3ncnc4oc(-c5ccccc5)cc34)c(-c3ccc(F)cc3)n2)C1. The molecule has 5 aromatic rings. The average Bonchev–Trinajstić information content (AvgIpc) is 3.56. The second kappa shape index (κ2) is 7.88. The van der Waals surface area contributed by atoms with Crippen molar-refractivity contribution in [2.75, 3.05) is 11.5 Å². The van der Waals surface area contributed by atoms with E-state index < -0.39 is 9.73 Å². The summed E-state index contributed by atoms with van der Waals surface area (Å²) in [6.07, 6.45) is 3.95. The van der Waals surface area contributed by atoms with Crippen LogP contribution in [0.2, 0.25) is 0 Å². The van der Waals surface area contributed by atoms with Crippen LogP contribution in [0.1, 0.15) is 12.5 Å². The number of halogens is 1. The summed E-state index contributed by atoms with van der Waals surface area (Å²) in [5.41, 5.74) is 4.13. The second-order valence-electron chi connectivity index (χ2n) is 8.42. The zero-order chi connectivity index (χ0) is 23.3. The molecule has 2 unspecified atom stereocenters. The highest BCUT2D eigenvalue weighted by Crippen LogP contribution is 2.38. The van der Waals surface area contributed by atoms with Crippen LogP contribution in [-0.2, 0) is 9.73 Å². The van der Waals surface area contributed by atoms with Crippen molar-refractivity contribution in [3.05, 3.63) is 79.0 Å². The third-order valence-corrected chi connectivity index (χ3v) is 7.93. The molecule has 2 aromatic carbocycles. The van der Waals surface area contributed by atoms with Crippen molar-refractivity contribution >= 4 is 20.8 Å². The van der Waals surface area contributed by atoms with Crippen LogP contribution in [-0.4, -0.2) is 35.5 Å². The number of nitrogens with one attached hydrogen (secondary N) is 1. The summed E-state index contributed by atoms with van der Waals surface area (Å²) < 4.78 is 41.7. The highest BCUT2D eigenvalue weighted by molar-refractivity contribution is 7.92. The van der Waals surface area contributed by atoms with Crippen LogP contribution >= 0.6 is 0 Å². The van der Waals surface area contributed by atoms with Crippen molar-refractivity contribution < 1.29 is 13.0 Å². The maximum Gasteiger partial charge on any atom is 0.230 e. The summed E-state index contributed by atoms with van der Waals surface area (Å²) in [6, 6.07) is 17.7. The topological polar surface area (TPSA) is 97.7 Å². The van der Waals surface area contributed by atoms with Gasteiger partial charge in [0.1, 0.15) is 23.6 Å². The minimum atomic E-state index is -2.60. The number of furan rings is 1. The normalized spacial score (nSPS) is 20.2. The number of benzene rings is 2. The molecule has 170 valence electrons. The molecular weight excluding hydrogens is 453 g/mol. The summed E-state index contributed by atoms with van der Waals surface area (Å²) in [4.78, 5) is 8.88. The van der Waals surface area contributed by atoms with Gasteiger partial charge >= 0.3 is 0 Å². The van der Waals surface area contributed by atoms with Gasteiger partial charge < -0.3 is 4.42 Å². The molecule has 1 saturated heterocycles. The number of aromatic nitrogens is 4. The average molecular weight is 474 g/mol. The lowest BCUT2D eigenvalue weighted by Crippen LogP contribution is -2.11. The van der Waals surface area contributed by atoms with Crippen molar-refractivity contribution in [3.8, 4) is 33.8 Å². The first-order chi connectivity index (χ1) is 16.5. The molecule has 0 bridgehead atoms. The van der Waals surface area contributed by atoms with Crippen LogP contribution in [0.15, 0.2) is 77.6 Å². The first-order valence-electron chi connectivity index (χ1n) is 10.9. The van der Waals surface area contributed by atoms with Gasteiger partial charge in [0.05, 0.1) is 22.9 Å². The number of fused-ring (bicyclic) bond motifs is 1. The Morgan fingerprint density at radius 1 is 1.03 bits per heavy atom. The van der Waals surface area contributed by atoms with Crippen LogP contribution in [0, 0.1) is 10.6 Å². The fourth-order valence-electron chi connectivity index (χ4n) is 4.40. The van der Waals surface area contributed by atoms with Crippen molar-refractivity contribution in [1.29, 1.82) is 4.78 Å². The van der Waals surface area contributed by atoms with Gasteiger partial charge in [0.25, 0.3) is 0 Å². The fraction of sp³-hybridized carbons (Fsp3) is 0.160. The quantitative estimate of drug-likeness (QED) is 0.369. The zero-order valence-electron chi connectivity index (χ0n) is 18.0. The van der Waals surface area contributed by atoms with Crippen molar-refractivity contribution in [3.63, 3.8) is 0 Å². The summed E-state index contributed by atoms with van der Waals surface area (Å²) in [7, 11) is -2.60. The molecule has 0 saturated carbocycles. The molecule has 6 rings (SSSR count). The molecule has 9 heteroatoms. The Hall–Kier alpha value is -3.85. The predicted molar refractivity (Wildman–Crippen MR) is 128 cm³/mol. The summed E-state index contributed by atoms with van der Waals surface area (Å²) >= 11 is 0. The van der Waals surface area contributed by atoms with Gasteiger partial charge in [0.15, 0.2) is 0 Å². The monoisotopic (exact) mass is 473 g/mol. The summed E-state index contributed by atoms with van der Waals surface area (Å²) in [6.45, 7) is 0. The van der Waals surface area contributed by atoms with E-state index in [9.17, 15) is 8.60 Å². The Bertz CT molecular complexity index is 1610. The smallest absolute Gasteiger partial charge is 0.230 e. The van der Waals surface area contributed by atoms with Gasteiger partial charge in [-0.15, -0.1) is 0 Å². The molecule has 1 fully saturated rings. The number of hydrogen-bond acceptors (Lipinski definition) is 6. The predicted octanol–water partition coefficient (Wildman–Crippen LogP) is 5.55. The van der Waals surface area contributed by atoms with Crippen LogP contribution in [0.4, 0.5) is 4.39 Å². The Morgan fingerprint density at radius 3 is 2.56 bits per heavy atom. The molecule has 1 N–H and O–H groups in total. The lowest BCUT2D eigenvalue weighted by Gasteiger charge is -2.08. The van der Waals surface area contributed by atoms with Gasteiger partial charge in [0, 0.05) is 38.4 Å². The third-order valence-electron chi connectivity index (χ3n) is 6.11. The van der Waals surface area contributed by atoms with Crippen molar-refractivity contribution in [1.82, 2.24) is 19.7 Å². The summed E-state index contributed by atoms with van der Waals surface area (Å²) in [5, 5.41) is 5.54. The molecule has 3 aromatic heterocycles. The van der Waals surface area contributed by atoms with Crippen molar-refractivity contribution in [2.45, 2.75) is 12.5 Å². The Labute approximate surface area is 195 Å². The third kappa shape index (κ3) is 3.67. The molecule has 0 radical (unpaired) electrons. The van der Waals surface area contributed by atoms with Crippen molar-refractivity contribution in [2.24, 2.45) is 0 Å². The minimum Gasteiger partial charge on any atom is -0.438 e. The van der Waals surface area contributed by atoms with E-state index in [1.807, 2.05) is 42.6 Å². The molecule has 7 nitrogen and oxygen atoms in total. The molecule has 2 atom stereocenters. The van der Waals surface area contributed by atoms with E-state index in [1.165, 1.54) is 18.5 Å². The van der Waals surface area contributed by atoms with E-state index in [4.69, 9.17) is 14.3 Å². The zero-order valence-corrected chi connectivity index (χ0v) is 18.8. The molecule has 0 amide bonds. The van der Waals surface area contributed by atoms with Gasteiger partial charge in [0.2, 0.25) is 5.71 Å². The van der Waals surface area contributed by atoms with E-state index in [1.54, 1.807) is 16.8 Å². The number of nitrogens with zero attached hydrogens (tertiary/aromatic N) is 4. The number of rotatable bonds is 4. The van der Waals surface area contributed by atoms with E-state index >= 15 is 0 Å². The first kappa shape index (κ1) is 20.7. The lowest BCUT2D eigenvalue weighted by molar-refractivity contribution is 0.502. The van der Waals surface area contributed by atoms with Gasteiger partial charge in [-0.1, -0.05) is 30.3 Å². The first-order valence-corrected chi connectivity index (χ1v) is 12.8. The molecule has 1 aliphatic heterocycles. The molecular formula is C25H20FN5O2S. The van der Waals surface area contributed by atoms with Gasteiger partial charge in [-0.3, -0.25) is 9.46 Å². The Kier molecular flexibility index (Phi) is 4.80. The minimum absolute atomic E-state index is 0.139. The highest BCUT2D eigenvalue weighted by Gasteiger charge is 2.29. The van der Waals surface area contributed by atoms with E-state index in [2.05, 4.69) is 9.97 Å². The Morgan fingerprint density at radius 2 is 1.82 bits per heavy atom. The maximum absolute atomic E-state index is 13.6. The number of hydrogen-bond donors (Lipinski definition) is 1. The van der Waals surface area contributed by atoms with Crippen LogP contribution < -0.4 is 0 Å². The Balaban J connectivity index is 1.53. The van der Waals surface area contributed by atoms with Crippen LogP contribution in [0.3, 0.4) is 0 Å². The van der Waals surface area contributed by atoms with Gasteiger partial charge in [-0.05, 0) is 36.8 Å². The fourth-order valence-corrected chi connectivity index (χ4v) is 6.16. The van der Waals surface area contributed by atoms with Gasteiger partial charge in [-0.2, -0.15) is 5.10 Å². The highest BCUT2D eigenvalue weighted by atomic mass is 32.2. The van der Waals surface area contributed by atoms with Crippen LogP contribution in [0.5, 0.6) is 0 Å². The summed E-state index contributed by atoms with van der Waals surface area (Å²) in [5.74, 6) is 0.970. The second-order valence-corrected chi connectivity index (χ2v) is 10.8. The van der Waals surface area contributed by atoms with Crippen LogP contribution in [0.25, 0.3) is 44.9 Å². The largest absolute Gasteiger partial charge is 0.438 e. The van der Waals surface area contributed by atoms with E-state index in [0.29, 0.717) is 35.0 Å². The molecule has 1 aliphatic rings. The molecule has 0 spiro atoms. The lowest BCUT2D eigenvalue weighted by atomic mass is 10.0. The standard InChI is InChI=1S/C25H20FN5O2S/c26-18-8-6-17(7-9-18)23-21(13-31(30-23)19-10-11-34(27,32)14-19)24-20-12-22(16-4-2-1-3-5-16)33-25(20)29-15-28-24/h1-9,12-13,15,19,27H,10-11,14H2. The molecule has 0 aliphatic carbocycles. The molecule has 34 heavy (non-hydrogen) atoms. The van der Waals surface area contributed by atoms with Gasteiger partial charge in [-0.25, -0.2) is 18.6 Å². The molecule has 4 heterocycles.